The average molecular weight is 362 g/mol. The molecule has 5 heteroatoms. The number of carbonyl (C=O) groups is 2. The lowest BCUT2D eigenvalue weighted by atomic mass is 10.1. The summed E-state index contributed by atoms with van der Waals surface area (Å²) in [6.07, 6.45) is 0. The number of esters is 2. The van der Waals surface area contributed by atoms with Crippen LogP contribution in [0.3, 0.4) is 0 Å². The molecule has 3 aromatic carbocycles. The molecule has 0 radical (unpaired) electrons. The summed E-state index contributed by atoms with van der Waals surface area (Å²) in [7, 11) is 1.28. The SMILES string of the molecule is COC(=O)c1cc(C(=O)Oc2ccccc2)ccc1OCc1ccccc1. The van der Waals surface area contributed by atoms with Gasteiger partial charge in [-0.3, -0.25) is 0 Å². The predicted octanol–water partition coefficient (Wildman–Crippen LogP) is 4.27. The van der Waals surface area contributed by atoms with E-state index in [2.05, 4.69) is 0 Å². The van der Waals surface area contributed by atoms with Crippen molar-refractivity contribution in [3.05, 3.63) is 95.6 Å². The van der Waals surface area contributed by atoms with Crippen LogP contribution in [0.1, 0.15) is 26.3 Å². The number of hydrogen-bond donors (Lipinski definition) is 0. The first-order valence-corrected chi connectivity index (χ1v) is 8.33. The van der Waals surface area contributed by atoms with Crippen molar-refractivity contribution < 1.29 is 23.8 Å². The maximum absolute atomic E-state index is 12.4. The number of carbonyl (C=O) groups excluding carboxylic acids is 2. The summed E-state index contributed by atoms with van der Waals surface area (Å²) in [6, 6.07) is 22.8. The Morgan fingerprint density at radius 3 is 2.15 bits per heavy atom. The van der Waals surface area contributed by atoms with Gasteiger partial charge in [0.05, 0.1) is 12.7 Å². The van der Waals surface area contributed by atoms with E-state index in [0.717, 1.165) is 5.56 Å². The van der Waals surface area contributed by atoms with Gasteiger partial charge in [-0.25, -0.2) is 9.59 Å². The quantitative estimate of drug-likeness (QED) is 0.484. The molecule has 0 atom stereocenters. The molecule has 0 saturated carbocycles. The van der Waals surface area contributed by atoms with E-state index in [-0.39, 0.29) is 11.1 Å². The molecule has 0 fully saturated rings. The number of para-hydroxylation sites is 1. The topological polar surface area (TPSA) is 61.8 Å². The molecule has 5 nitrogen and oxygen atoms in total. The molecule has 0 heterocycles. The van der Waals surface area contributed by atoms with Crippen molar-refractivity contribution in [2.45, 2.75) is 6.61 Å². The molecule has 0 aromatic heterocycles. The minimum absolute atomic E-state index is 0.163. The van der Waals surface area contributed by atoms with E-state index in [4.69, 9.17) is 14.2 Å². The van der Waals surface area contributed by atoms with Gasteiger partial charge < -0.3 is 14.2 Å². The van der Waals surface area contributed by atoms with Gasteiger partial charge >= 0.3 is 11.9 Å². The van der Waals surface area contributed by atoms with Gasteiger partial charge in [0.15, 0.2) is 0 Å². The Labute approximate surface area is 157 Å². The minimum atomic E-state index is -0.590. The van der Waals surface area contributed by atoms with Crippen LogP contribution in [0.25, 0.3) is 0 Å². The Kier molecular flexibility index (Phi) is 5.84. The van der Waals surface area contributed by atoms with E-state index in [1.807, 2.05) is 36.4 Å². The number of methoxy groups -OCH3 is 1. The zero-order chi connectivity index (χ0) is 19.1. The Morgan fingerprint density at radius 1 is 0.815 bits per heavy atom. The second-order valence-electron chi connectivity index (χ2n) is 5.68. The summed E-state index contributed by atoms with van der Waals surface area (Å²) < 4.78 is 15.9. The second kappa shape index (κ2) is 8.67. The standard InChI is InChI=1S/C22H18O5/c1-25-22(24)19-14-17(21(23)27-18-10-6-3-7-11-18)12-13-20(19)26-15-16-8-4-2-5-9-16/h2-14H,15H2,1H3. The molecule has 0 aliphatic carbocycles. The summed E-state index contributed by atoms with van der Waals surface area (Å²) in [5.74, 6) is -0.401. The molecule has 0 aliphatic heterocycles. The summed E-state index contributed by atoms with van der Waals surface area (Å²) in [5.41, 5.74) is 1.35. The number of benzene rings is 3. The van der Waals surface area contributed by atoms with Crippen LogP contribution in [-0.4, -0.2) is 19.0 Å². The molecule has 0 N–H and O–H groups in total. The lowest BCUT2D eigenvalue weighted by molar-refractivity contribution is 0.0595. The van der Waals surface area contributed by atoms with Crippen molar-refractivity contribution in [3.63, 3.8) is 0 Å². The molecule has 0 aliphatic rings. The lowest BCUT2D eigenvalue weighted by Gasteiger charge is -2.12. The van der Waals surface area contributed by atoms with Gasteiger partial charge in [-0.15, -0.1) is 0 Å². The van der Waals surface area contributed by atoms with Gasteiger partial charge in [0.1, 0.15) is 23.7 Å². The first kappa shape index (κ1) is 18.2. The lowest BCUT2D eigenvalue weighted by Crippen LogP contribution is -2.12. The predicted molar refractivity (Wildman–Crippen MR) is 100.0 cm³/mol. The molecule has 0 bridgehead atoms. The Morgan fingerprint density at radius 2 is 1.48 bits per heavy atom. The Balaban J connectivity index is 1.81. The number of hydrogen-bond acceptors (Lipinski definition) is 5. The van der Waals surface area contributed by atoms with Crippen molar-refractivity contribution in [3.8, 4) is 11.5 Å². The van der Waals surface area contributed by atoms with Gasteiger partial charge in [-0.1, -0.05) is 48.5 Å². The van der Waals surface area contributed by atoms with Crippen LogP contribution >= 0.6 is 0 Å². The van der Waals surface area contributed by atoms with E-state index in [0.29, 0.717) is 18.1 Å². The van der Waals surface area contributed by atoms with Gasteiger partial charge in [0, 0.05) is 0 Å². The van der Waals surface area contributed by atoms with Gasteiger partial charge in [0.2, 0.25) is 0 Å². The number of rotatable bonds is 6. The summed E-state index contributed by atoms with van der Waals surface area (Å²) in [4.78, 5) is 24.5. The Hall–Kier alpha value is -3.60. The molecule has 27 heavy (non-hydrogen) atoms. The van der Waals surface area contributed by atoms with Crippen molar-refractivity contribution in [2.75, 3.05) is 7.11 Å². The van der Waals surface area contributed by atoms with Crippen LogP contribution in [0, 0.1) is 0 Å². The van der Waals surface area contributed by atoms with Crippen molar-refractivity contribution in [1.29, 1.82) is 0 Å². The van der Waals surface area contributed by atoms with E-state index in [1.165, 1.54) is 13.2 Å². The van der Waals surface area contributed by atoms with E-state index < -0.39 is 11.9 Å². The van der Waals surface area contributed by atoms with Crippen LogP contribution in [0.5, 0.6) is 11.5 Å². The molecule has 3 rings (SSSR count). The van der Waals surface area contributed by atoms with Crippen LogP contribution in [0.2, 0.25) is 0 Å². The van der Waals surface area contributed by atoms with E-state index in [9.17, 15) is 9.59 Å². The fourth-order valence-electron chi connectivity index (χ4n) is 2.44. The third kappa shape index (κ3) is 4.73. The highest BCUT2D eigenvalue weighted by Gasteiger charge is 2.18. The highest BCUT2D eigenvalue weighted by molar-refractivity contribution is 5.98. The smallest absolute Gasteiger partial charge is 0.343 e. The molecule has 136 valence electrons. The largest absolute Gasteiger partial charge is 0.488 e. The number of ether oxygens (including phenoxy) is 3. The highest BCUT2D eigenvalue weighted by Crippen LogP contribution is 2.23. The zero-order valence-electron chi connectivity index (χ0n) is 14.8. The molecular weight excluding hydrogens is 344 g/mol. The monoisotopic (exact) mass is 362 g/mol. The van der Waals surface area contributed by atoms with Crippen molar-refractivity contribution in [2.24, 2.45) is 0 Å². The van der Waals surface area contributed by atoms with E-state index >= 15 is 0 Å². The van der Waals surface area contributed by atoms with Gasteiger partial charge in [-0.05, 0) is 35.9 Å². The minimum Gasteiger partial charge on any atom is -0.488 e. The maximum Gasteiger partial charge on any atom is 0.343 e. The third-order valence-corrected chi connectivity index (χ3v) is 3.81. The third-order valence-electron chi connectivity index (χ3n) is 3.81. The van der Waals surface area contributed by atoms with Crippen LogP contribution in [0.15, 0.2) is 78.9 Å². The highest BCUT2D eigenvalue weighted by atomic mass is 16.5. The van der Waals surface area contributed by atoms with Gasteiger partial charge in [-0.2, -0.15) is 0 Å². The normalized spacial score (nSPS) is 10.1. The fourth-order valence-corrected chi connectivity index (χ4v) is 2.44. The fraction of sp³-hybridized carbons (Fsp3) is 0.0909. The zero-order valence-corrected chi connectivity index (χ0v) is 14.8. The summed E-state index contributed by atoms with van der Waals surface area (Å²) >= 11 is 0. The average Bonchev–Trinajstić information content (AvgIpc) is 2.73. The molecule has 0 amide bonds. The maximum atomic E-state index is 12.4. The van der Waals surface area contributed by atoms with E-state index in [1.54, 1.807) is 36.4 Å². The Bertz CT molecular complexity index is 920. The summed E-state index contributed by atoms with van der Waals surface area (Å²) in [5, 5.41) is 0. The molecule has 3 aromatic rings. The first-order valence-electron chi connectivity index (χ1n) is 8.33. The van der Waals surface area contributed by atoms with Crippen molar-refractivity contribution in [1.82, 2.24) is 0 Å². The molecular formula is C22H18O5. The molecule has 0 saturated heterocycles. The molecule has 0 spiro atoms. The van der Waals surface area contributed by atoms with Gasteiger partial charge in [0.25, 0.3) is 0 Å². The van der Waals surface area contributed by atoms with Crippen LogP contribution in [0.4, 0.5) is 0 Å². The summed E-state index contributed by atoms with van der Waals surface area (Å²) in [6.45, 7) is 0.290. The first-order chi connectivity index (χ1) is 13.2. The van der Waals surface area contributed by atoms with Crippen LogP contribution < -0.4 is 9.47 Å². The van der Waals surface area contributed by atoms with Crippen LogP contribution in [-0.2, 0) is 11.3 Å². The molecule has 0 unspecified atom stereocenters. The second-order valence-corrected chi connectivity index (χ2v) is 5.68. The van der Waals surface area contributed by atoms with Crippen molar-refractivity contribution >= 4 is 11.9 Å².